The topological polar surface area (TPSA) is 4.93 Å². The maximum absolute atomic E-state index is 3.66. The Bertz CT molecular complexity index is 1780. The maximum Gasteiger partial charge on any atom is 0 e. The van der Waals surface area contributed by atoms with E-state index in [-0.39, 0.29) is 32.7 Å². The van der Waals surface area contributed by atoms with E-state index in [1.54, 1.807) is 0 Å². The minimum atomic E-state index is 0. The summed E-state index contributed by atoms with van der Waals surface area (Å²) in [6.07, 6.45) is 3.66. The van der Waals surface area contributed by atoms with Gasteiger partial charge in [0.1, 0.15) is 0 Å². The standard InChI is InChI=1S/C32H19N.Y/c1-2-10-23(11-3-1)33-21-31(29-16-8-9-17-32(29)33)22-18-19-28-26-14-5-4-12-24(26)25-13-6-7-15-27(25)30(28)20-22;/h1-10,12-20H;/q-2;. The van der Waals surface area contributed by atoms with E-state index in [4.69, 9.17) is 0 Å². The third-order valence-corrected chi connectivity index (χ3v) is 6.60. The first-order valence-electron chi connectivity index (χ1n) is 11.2. The number of para-hydroxylation sites is 2. The minimum Gasteiger partial charge on any atom is -0.439 e. The zero-order valence-electron chi connectivity index (χ0n) is 18.5. The van der Waals surface area contributed by atoms with Crippen LogP contribution in [-0.2, 0) is 32.7 Å². The summed E-state index contributed by atoms with van der Waals surface area (Å²) in [6.45, 7) is 0. The van der Waals surface area contributed by atoms with Crippen LogP contribution in [0.1, 0.15) is 0 Å². The Morgan fingerprint density at radius 3 is 1.71 bits per heavy atom. The molecule has 7 aromatic rings. The van der Waals surface area contributed by atoms with Gasteiger partial charge in [0, 0.05) is 32.7 Å². The number of hydrogen-bond acceptors (Lipinski definition) is 0. The van der Waals surface area contributed by atoms with Crippen LogP contribution in [0.15, 0.2) is 115 Å². The molecule has 1 nitrogen and oxygen atoms in total. The van der Waals surface area contributed by atoms with Gasteiger partial charge in [-0.3, -0.25) is 0 Å². The smallest absolute Gasteiger partial charge is 0 e. The van der Waals surface area contributed by atoms with Gasteiger partial charge in [0.05, 0.1) is 0 Å². The summed E-state index contributed by atoms with van der Waals surface area (Å²) in [4.78, 5) is 0. The Kier molecular flexibility index (Phi) is 5.33. The predicted molar refractivity (Wildman–Crippen MR) is 139 cm³/mol. The van der Waals surface area contributed by atoms with Gasteiger partial charge in [-0.25, -0.2) is 6.07 Å². The van der Waals surface area contributed by atoms with Crippen LogP contribution in [0.25, 0.3) is 60.0 Å². The summed E-state index contributed by atoms with van der Waals surface area (Å²) < 4.78 is 2.12. The fourth-order valence-electron chi connectivity index (χ4n) is 5.11. The summed E-state index contributed by atoms with van der Waals surface area (Å²) in [5, 5.41) is 8.93. The molecule has 1 heterocycles. The number of hydrogen-bond donors (Lipinski definition) is 0. The first kappa shape index (κ1) is 21.3. The Morgan fingerprint density at radius 2 is 1.06 bits per heavy atom. The monoisotopic (exact) mass is 506 g/mol. The molecule has 0 saturated carbocycles. The minimum absolute atomic E-state index is 0. The molecule has 34 heavy (non-hydrogen) atoms. The van der Waals surface area contributed by atoms with Crippen LogP contribution < -0.4 is 0 Å². The van der Waals surface area contributed by atoms with Crippen molar-refractivity contribution in [2.75, 3.05) is 0 Å². The van der Waals surface area contributed by atoms with Crippen molar-refractivity contribution in [1.82, 2.24) is 4.57 Å². The third-order valence-electron chi connectivity index (χ3n) is 6.60. The van der Waals surface area contributed by atoms with E-state index in [2.05, 4.69) is 114 Å². The number of benzene rings is 6. The van der Waals surface area contributed by atoms with Crippen molar-refractivity contribution in [1.29, 1.82) is 0 Å². The Morgan fingerprint density at radius 1 is 0.500 bits per heavy atom. The molecule has 0 unspecified atom stereocenters. The number of fused-ring (bicyclic) bond motifs is 7. The molecular formula is C32H19NY-2. The second-order valence-corrected chi connectivity index (χ2v) is 8.44. The van der Waals surface area contributed by atoms with Crippen LogP contribution >= 0.6 is 0 Å². The van der Waals surface area contributed by atoms with Crippen LogP contribution in [0.3, 0.4) is 0 Å². The zero-order valence-corrected chi connectivity index (χ0v) is 21.3. The fourth-order valence-corrected chi connectivity index (χ4v) is 5.11. The van der Waals surface area contributed by atoms with Gasteiger partial charge in [0.15, 0.2) is 0 Å². The SMILES string of the molecule is [Y].[c-]1ccccc1-n1[c-]c(-c2ccc3c4ccccc4c4ccccc4c3c2)c2ccccc21. The Balaban J connectivity index is 0.00000217. The van der Waals surface area contributed by atoms with Crippen LogP contribution in [0, 0.1) is 12.3 Å². The first-order valence-corrected chi connectivity index (χ1v) is 11.2. The third kappa shape index (κ3) is 3.23. The van der Waals surface area contributed by atoms with Crippen molar-refractivity contribution in [3.63, 3.8) is 0 Å². The van der Waals surface area contributed by atoms with Gasteiger partial charge in [0.2, 0.25) is 0 Å². The molecule has 1 aromatic heterocycles. The largest absolute Gasteiger partial charge is 0.439 e. The number of rotatable bonds is 2. The summed E-state index contributed by atoms with van der Waals surface area (Å²) >= 11 is 0. The molecule has 0 fully saturated rings. The van der Waals surface area contributed by atoms with Crippen molar-refractivity contribution in [3.05, 3.63) is 128 Å². The Hall–Kier alpha value is -3.26. The van der Waals surface area contributed by atoms with Crippen LogP contribution in [-0.4, -0.2) is 4.57 Å². The van der Waals surface area contributed by atoms with Gasteiger partial charge in [-0.1, -0.05) is 108 Å². The van der Waals surface area contributed by atoms with Crippen LogP contribution in [0.2, 0.25) is 0 Å². The van der Waals surface area contributed by atoms with Crippen LogP contribution in [0.5, 0.6) is 0 Å². The molecule has 0 bridgehead atoms. The molecule has 0 aliphatic carbocycles. The average Bonchev–Trinajstić information content (AvgIpc) is 3.29. The molecule has 0 aliphatic rings. The summed E-state index contributed by atoms with van der Waals surface area (Å²) in [5.41, 5.74) is 4.42. The van der Waals surface area contributed by atoms with Gasteiger partial charge < -0.3 is 4.57 Å². The molecule has 0 saturated heterocycles. The molecule has 1 radical (unpaired) electrons. The van der Waals surface area contributed by atoms with Gasteiger partial charge in [0.25, 0.3) is 0 Å². The fraction of sp³-hybridized carbons (Fsp3) is 0. The van der Waals surface area contributed by atoms with E-state index >= 15 is 0 Å². The molecule has 7 rings (SSSR count). The van der Waals surface area contributed by atoms with Crippen molar-refractivity contribution in [3.8, 4) is 16.8 Å². The summed E-state index contributed by atoms with van der Waals surface area (Å²) in [7, 11) is 0. The van der Waals surface area contributed by atoms with E-state index in [1.807, 2.05) is 18.2 Å². The molecule has 157 valence electrons. The molecule has 6 aromatic carbocycles. The maximum atomic E-state index is 3.66. The Labute approximate surface area is 223 Å². The van der Waals surface area contributed by atoms with Gasteiger partial charge in [-0.2, -0.15) is 24.3 Å². The molecule has 0 N–H and O–H groups in total. The van der Waals surface area contributed by atoms with E-state index in [1.165, 1.54) is 43.3 Å². The quantitative estimate of drug-likeness (QED) is 0.164. The molecule has 0 amide bonds. The summed E-state index contributed by atoms with van der Waals surface area (Å²) in [6, 6.07) is 44.2. The second-order valence-electron chi connectivity index (χ2n) is 8.44. The second kappa shape index (κ2) is 8.51. The molecule has 2 heteroatoms. The first-order chi connectivity index (χ1) is 16.4. The van der Waals surface area contributed by atoms with Crippen molar-refractivity contribution in [2.24, 2.45) is 0 Å². The normalized spacial score (nSPS) is 11.3. The van der Waals surface area contributed by atoms with E-state index in [9.17, 15) is 0 Å². The van der Waals surface area contributed by atoms with Gasteiger partial charge >= 0.3 is 0 Å². The van der Waals surface area contributed by atoms with Crippen molar-refractivity contribution in [2.45, 2.75) is 0 Å². The van der Waals surface area contributed by atoms with Gasteiger partial charge in [-0.05, 0) is 44.0 Å². The number of aromatic nitrogens is 1. The van der Waals surface area contributed by atoms with Crippen molar-refractivity contribution >= 4 is 43.2 Å². The van der Waals surface area contributed by atoms with E-state index < -0.39 is 0 Å². The predicted octanol–water partition coefficient (Wildman–Crippen LogP) is 8.35. The molecule has 0 atom stereocenters. The van der Waals surface area contributed by atoms with Gasteiger partial charge in [-0.15, -0.1) is 5.69 Å². The average molecular weight is 506 g/mol. The van der Waals surface area contributed by atoms with Crippen molar-refractivity contribution < 1.29 is 32.7 Å². The van der Waals surface area contributed by atoms with E-state index in [0.717, 1.165) is 16.8 Å². The summed E-state index contributed by atoms with van der Waals surface area (Å²) in [5.74, 6) is 0. The van der Waals surface area contributed by atoms with E-state index in [0.29, 0.717) is 0 Å². The number of nitrogens with zero attached hydrogens (tertiary/aromatic N) is 1. The van der Waals surface area contributed by atoms with Crippen LogP contribution in [0.4, 0.5) is 0 Å². The molecule has 0 aliphatic heterocycles. The molecular weight excluding hydrogens is 487 g/mol. The molecule has 0 spiro atoms. The zero-order chi connectivity index (χ0) is 21.8.